The highest BCUT2D eigenvalue weighted by molar-refractivity contribution is 7.10. The van der Waals surface area contributed by atoms with E-state index in [4.69, 9.17) is 0 Å². The Balaban J connectivity index is 1.47. The van der Waals surface area contributed by atoms with E-state index in [1.165, 1.54) is 11.5 Å². The molecule has 0 spiro atoms. The summed E-state index contributed by atoms with van der Waals surface area (Å²) in [5.41, 5.74) is 0.941. The van der Waals surface area contributed by atoms with Crippen LogP contribution in [-0.2, 0) is 0 Å². The van der Waals surface area contributed by atoms with Gasteiger partial charge < -0.3 is 4.90 Å². The van der Waals surface area contributed by atoms with E-state index in [-0.39, 0.29) is 12.1 Å². The van der Waals surface area contributed by atoms with Gasteiger partial charge >= 0.3 is 6.03 Å². The Morgan fingerprint density at radius 1 is 1.29 bits per heavy atom. The normalized spacial score (nSPS) is 17.2. The summed E-state index contributed by atoms with van der Waals surface area (Å²) >= 11 is 2.79. The van der Waals surface area contributed by atoms with Gasteiger partial charge in [-0.2, -0.15) is 9.36 Å². The van der Waals surface area contributed by atoms with E-state index in [1.54, 1.807) is 17.5 Å². The molecule has 0 saturated carbocycles. The number of amides is 2. The van der Waals surface area contributed by atoms with Crippen molar-refractivity contribution in [1.29, 1.82) is 0 Å². The molecule has 1 atom stereocenters. The number of benzene rings is 1. The Hall–Kier alpha value is -2.32. The Morgan fingerprint density at radius 2 is 2.17 bits per heavy atom. The minimum Gasteiger partial charge on any atom is -0.315 e. The van der Waals surface area contributed by atoms with E-state index >= 15 is 0 Å². The van der Waals surface area contributed by atoms with Crippen LogP contribution >= 0.6 is 22.9 Å². The molecule has 3 aromatic rings. The number of thiazole rings is 1. The molecule has 1 aliphatic heterocycles. The predicted octanol–water partition coefficient (Wildman–Crippen LogP) is 4.03. The average molecular weight is 357 g/mol. The molecule has 2 amide bonds. The second kappa shape index (κ2) is 6.66. The first kappa shape index (κ1) is 15.2. The van der Waals surface area contributed by atoms with Crippen LogP contribution in [0.3, 0.4) is 0 Å². The number of likely N-dealkylation sites (tertiary alicyclic amines) is 1. The summed E-state index contributed by atoms with van der Waals surface area (Å²) in [5, 5.41) is 6.33. The highest BCUT2D eigenvalue weighted by atomic mass is 32.1. The topological polar surface area (TPSA) is 71.0 Å². The van der Waals surface area contributed by atoms with Gasteiger partial charge in [0.15, 0.2) is 5.82 Å². The smallest absolute Gasteiger partial charge is 0.315 e. The molecule has 4 rings (SSSR count). The van der Waals surface area contributed by atoms with Crippen molar-refractivity contribution in [1.82, 2.24) is 19.2 Å². The van der Waals surface area contributed by atoms with E-state index in [2.05, 4.69) is 19.7 Å². The number of rotatable bonds is 3. The van der Waals surface area contributed by atoms with Crippen molar-refractivity contribution in [3.8, 4) is 11.4 Å². The van der Waals surface area contributed by atoms with E-state index in [0.29, 0.717) is 11.0 Å². The maximum Gasteiger partial charge on any atom is 0.324 e. The van der Waals surface area contributed by atoms with Crippen molar-refractivity contribution in [3.63, 3.8) is 0 Å². The van der Waals surface area contributed by atoms with E-state index in [1.807, 2.05) is 40.6 Å². The van der Waals surface area contributed by atoms with Crippen LogP contribution in [0.2, 0.25) is 0 Å². The molecule has 1 aliphatic rings. The zero-order chi connectivity index (χ0) is 16.4. The van der Waals surface area contributed by atoms with Crippen molar-refractivity contribution in [2.45, 2.75) is 18.9 Å². The third-order valence-electron chi connectivity index (χ3n) is 3.92. The molecule has 0 aliphatic carbocycles. The van der Waals surface area contributed by atoms with Crippen LogP contribution in [0, 0.1) is 0 Å². The third-order valence-corrected chi connectivity index (χ3v) is 5.43. The summed E-state index contributed by atoms with van der Waals surface area (Å²) in [6.07, 6.45) is 3.72. The minimum atomic E-state index is -0.136. The van der Waals surface area contributed by atoms with Crippen LogP contribution in [0.15, 0.2) is 41.9 Å². The number of carbonyl (C=O) groups is 1. The number of carbonyl (C=O) groups excluding carboxylic acids is 1. The quantitative estimate of drug-likeness (QED) is 0.768. The molecule has 1 N–H and O–H groups in total. The molecule has 1 fully saturated rings. The van der Waals surface area contributed by atoms with Gasteiger partial charge in [-0.15, -0.1) is 11.3 Å². The lowest BCUT2D eigenvalue weighted by Crippen LogP contribution is -2.34. The first-order valence-corrected chi connectivity index (χ1v) is 9.33. The van der Waals surface area contributed by atoms with Gasteiger partial charge in [-0.05, 0) is 12.8 Å². The maximum atomic E-state index is 12.6. The predicted molar refractivity (Wildman–Crippen MR) is 95.2 cm³/mol. The zero-order valence-corrected chi connectivity index (χ0v) is 14.4. The molecule has 2 aromatic heterocycles. The van der Waals surface area contributed by atoms with E-state index in [0.717, 1.165) is 30.0 Å². The van der Waals surface area contributed by atoms with Crippen molar-refractivity contribution in [2.24, 2.45) is 0 Å². The first-order chi connectivity index (χ1) is 11.8. The molecule has 0 radical (unpaired) electrons. The Morgan fingerprint density at radius 3 is 2.96 bits per heavy atom. The van der Waals surface area contributed by atoms with Crippen LogP contribution in [0.5, 0.6) is 0 Å². The first-order valence-electron chi connectivity index (χ1n) is 7.67. The second-order valence-corrected chi connectivity index (χ2v) is 7.12. The number of hydrogen-bond acceptors (Lipinski definition) is 6. The third kappa shape index (κ3) is 3.02. The molecule has 122 valence electrons. The fraction of sp³-hybridized carbons (Fsp3) is 0.250. The average Bonchev–Trinajstić information content (AvgIpc) is 3.36. The molecule has 1 unspecified atom stereocenters. The van der Waals surface area contributed by atoms with Crippen molar-refractivity contribution in [3.05, 3.63) is 46.9 Å². The molecule has 6 nitrogen and oxygen atoms in total. The molecule has 24 heavy (non-hydrogen) atoms. The molecular weight excluding hydrogens is 342 g/mol. The Kier molecular flexibility index (Phi) is 4.22. The summed E-state index contributed by atoms with van der Waals surface area (Å²) in [6, 6.07) is 9.66. The number of anilines is 1. The summed E-state index contributed by atoms with van der Waals surface area (Å²) in [7, 11) is 0. The van der Waals surface area contributed by atoms with Crippen LogP contribution in [0.4, 0.5) is 9.93 Å². The summed E-state index contributed by atoms with van der Waals surface area (Å²) in [6.45, 7) is 0.737. The van der Waals surface area contributed by atoms with Crippen molar-refractivity contribution < 1.29 is 4.79 Å². The van der Waals surface area contributed by atoms with Gasteiger partial charge in [-0.3, -0.25) is 5.32 Å². The van der Waals surface area contributed by atoms with Crippen molar-refractivity contribution >= 4 is 34.0 Å². The fourth-order valence-electron chi connectivity index (χ4n) is 2.81. The number of aromatic nitrogens is 3. The van der Waals surface area contributed by atoms with Crippen molar-refractivity contribution in [2.75, 3.05) is 11.9 Å². The minimum absolute atomic E-state index is 0.0616. The molecule has 0 bridgehead atoms. The monoisotopic (exact) mass is 357 g/mol. The van der Waals surface area contributed by atoms with Gasteiger partial charge in [0.2, 0.25) is 5.13 Å². The standard InChI is InChI=1S/C16H15N5OS2/c22-16(21-9-4-7-12(21)14-17-8-10-23-14)19-15-18-13(20-24-15)11-5-2-1-3-6-11/h1-3,5-6,8,10,12H,4,7,9H2,(H,18,19,20,22). The molecule has 3 heterocycles. The number of nitrogens with one attached hydrogen (secondary N) is 1. The van der Waals surface area contributed by atoms with Gasteiger partial charge in [0, 0.05) is 35.2 Å². The van der Waals surface area contributed by atoms with Gasteiger partial charge in [0.05, 0.1) is 6.04 Å². The van der Waals surface area contributed by atoms with Gasteiger partial charge in [-0.1, -0.05) is 30.3 Å². The number of hydrogen-bond donors (Lipinski definition) is 1. The lowest BCUT2D eigenvalue weighted by Gasteiger charge is -2.22. The van der Waals surface area contributed by atoms with E-state index in [9.17, 15) is 4.79 Å². The highest BCUT2D eigenvalue weighted by Gasteiger charge is 2.32. The largest absolute Gasteiger partial charge is 0.324 e. The fourth-order valence-corrected chi connectivity index (χ4v) is 4.17. The van der Waals surface area contributed by atoms with Gasteiger partial charge in [-0.25, -0.2) is 9.78 Å². The second-order valence-electron chi connectivity index (χ2n) is 5.44. The molecule has 1 aromatic carbocycles. The highest BCUT2D eigenvalue weighted by Crippen LogP contribution is 2.33. The number of nitrogens with zero attached hydrogens (tertiary/aromatic N) is 4. The van der Waals surface area contributed by atoms with Gasteiger partial charge in [0.1, 0.15) is 5.01 Å². The maximum absolute atomic E-state index is 12.6. The Bertz CT molecular complexity index is 818. The molecule has 1 saturated heterocycles. The summed E-state index contributed by atoms with van der Waals surface area (Å²) in [5.74, 6) is 0.633. The zero-order valence-electron chi connectivity index (χ0n) is 12.8. The lowest BCUT2D eigenvalue weighted by molar-refractivity contribution is 0.207. The van der Waals surface area contributed by atoms with Crippen LogP contribution in [0.1, 0.15) is 23.9 Å². The summed E-state index contributed by atoms with van der Waals surface area (Å²) < 4.78 is 4.32. The lowest BCUT2D eigenvalue weighted by atomic mass is 10.2. The van der Waals surface area contributed by atoms with Crippen LogP contribution < -0.4 is 5.32 Å². The summed E-state index contributed by atoms with van der Waals surface area (Å²) in [4.78, 5) is 23.2. The van der Waals surface area contributed by atoms with E-state index < -0.39 is 0 Å². The van der Waals surface area contributed by atoms with Crippen LogP contribution in [0.25, 0.3) is 11.4 Å². The van der Waals surface area contributed by atoms with Gasteiger partial charge in [0.25, 0.3) is 0 Å². The SMILES string of the molecule is O=C(Nc1nc(-c2ccccc2)ns1)N1CCCC1c1nccs1. The Labute approximate surface area is 147 Å². The molecular formula is C16H15N5OS2. The van der Waals surface area contributed by atoms with Crippen LogP contribution in [-0.4, -0.2) is 31.8 Å². The molecule has 8 heteroatoms. The number of urea groups is 1.